The van der Waals surface area contributed by atoms with Gasteiger partial charge in [-0.2, -0.15) is 0 Å². The highest BCUT2D eigenvalue weighted by Gasteiger charge is 2.10. The van der Waals surface area contributed by atoms with Crippen molar-refractivity contribution in [3.63, 3.8) is 0 Å². The van der Waals surface area contributed by atoms with Crippen molar-refractivity contribution in [2.24, 2.45) is 0 Å². The normalized spacial score (nSPS) is 10.2. The summed E-state index contributed by atoms with van der Waals surface area (Å²) in [6.45, 7) is 3.56. The Bertz CT molecular complexity index is 540. The van der Waals surface area contributed by atoms with Crippen LogP contribution in [0.3, 0.4) is 0 Å². The van der Waals surface area contributed by atoms with Gasteiger partial charge < -0.3 is 4.90 Å². The smallest absolute Gasteiger partial charge is 0.287 e. The zero-order valence-corrected chi connectivity index (χ0v) is 10.7. The second-order valence-electron chi connectivity index (χ2n) is 4.13. The lowest BCUT2D eigenvalue weighted by Crippen LogP contribution is -2.22. The van der Waals surface area contributed by atoms with Crippen LogP contribution in [0.2, 0.25) is 0 Å². The minimum atomic E-state index is -0.440. The molecule has 1 aromatic carbocycles. The largest absolute Gasteiger partial charge is 0.353 e. The summed E-state index contributed by atoms with van der Waals surface area (Å²) >= 11 is 0. The first-order valence-electron chi connectivity index (χ1n) is 6.10. The third kappa shape index (κ3) is 3.28. The minimum Gasteiger partial charge on any atom is -0.353 e. The van der Waals surface area contributed by atoms with Gasteiger partial charge in [0.15, 0.2) is 0 Å². The van der Waals surface area contributed by atoms with Crippen LogP contribution in [0.25, 0.3) is 0 Å². The maximum Gasteiger partial charge on any atom is 0.287 e. The quantitative estimate of drug-likeness (QED) is 0.610. The van der Waals surface area contributed by atoms with Crippen LogP contribution >= 0.6 is 0 Å². The molecule has 1 aromatic heterocycles. The summed E-state index contributed by atoms with van der Waals surface area (Å²) < 4.78 is 0. The Kier molecular flexibility index (Phi) is 4.07. The van der Waals surface area contributed by atoms with Crippen LogP contribution in [0, 0.1) is 10.1 Å². The van der Waals surface area contributed by atoms with Gasteiger partial charge in [-0.05, 0) is 18.6 Å². The third-order valence-electron chi connectivity index (χ3n) is 2.87. The lowest BCUT2D eigenvalue weighted by Gasteiger charge is -2.21. The van der Waals surface area contributed by atoms with E-state index >= 15 is 0 Å². The number of anilines is 1. The predicted octanol–water partition coefficient (Wildman–Crippen LogP) is 3.02. The van der Waals surface area contributed by atoms with E-state index < -0.39 is 4.92 Å². The monoisotopic (exact) mass is 257 g/mol. The number of rotatable bonds is 5. The number of benzene rings is 1. The summed E-state index contributed by atoms with van der Waals surface area (Å²) in [6, 6.07) is 13.2. The zero-order valence-electron chi connectivity index (χ0n) is 10.7. The first-order chi connectivity index (χ1) is 9.20. The van der Waals surface area contributed by atoms with Crippen LogP contribution in [0.15, 0.2) is 48.7 Å². The number of nitro groups is 1. The van der Waals surface area contributed by atoms with Crippen LogP contribution in [-0.2, 0) is 6.54 Å². The molecule has 0 saturated heterocycles. The Balaban J connectivity index is 2.15. The van der Waals surface area contributed by atoms with Gasteiger partial charge in [-0.15, -0.1) is 0 Å². The number of hydrogen-bond acceptors (Lipinski definition) is 4. The Hall–Kier alpha value is -2.43. The first kappa shape index (κ1) is 13.0. The van der Waals surface area contributed by atoms with Gasteiger partial charge in [-0.3, -0.25) is 10.1 Å². The van der Waals surface area contributed by atoms with Gasteiger partial charge in [0, 0.05) is 19.2 Å². The summed E-state index contributed by atoms with van der Waals surface area (Å²) in [5, 5.41) is 10.6. The molecule has 0 radical (unpaired) electrons. The standard InChI is InChI=1S/C14H15N3O2/c1-2-16(11-12-6-4-3-5-7-12)14-9-8-13(10-15-14)17(18)19/h3-10H,2,11H2,1H3. The van der Waals surface area contributed by atoms with Gasteiger partial charge in [0.25, 0.3) is 5.69 Å². The molecule has 0 bridgehead atoms. The summed E-state index contributed by atoms with van der Waals surface area (Å²) in [5.41, 5.74) is 1.20. The van der Waals surface area contributed by atoms with Crippen LogP contribution in [0.1, 0.15) is 12.5 Å². The fourth-order valence-corrected chi connectivity index (χ4v) is 1.83. The number of hydrogen-bond donors (Lipinski definition) is 0. The van der Waals surface area contributed by atoms with Crippen molar-refractivity contribution in [1.82, 2.24) is 4.98 Å². The molecule has 0 atom stereocenters. The van der Waals surface area contributed by atoms with E-state index in [1.807, 2.05) is 37.3 Å². The van der Waals surface area contributed by atoms with E-state index in [9.17, 15) is 10.1 Å². The molecule has 0 amide bonds. The Morgan fingerprint density at radius 3 is 2.47 bits per heavy atom. The molecule has 98 valence electrons. The van der Waals surface area contributed by atoms with E-state index in [4.69, 9.17) is 0 Å². The van der Waals surface area contributed by atoms with Crippen LogP contribution < -0.4 is 4.90 Å². The zero-order chi connectivity index (χ0) is 13.7. The highest BCUT2D eigenvalue weighted by atomic mass is 16.6. The van der Waals surface area contributed by atoms with Crippen LogP contribution in [0.5, 0.6) is 0 Å². The van der Waals surface area contributed by atoms with E-state index in [-0.39, 0.29) is 5.69 Å². The minimum absolute atomic E-state index is 0.0134. The fraction of sp³-hybridized carbons (Fsp3) is 0.214. The molecule has 5 nitrogen and oxygen atoms in total. The molecule has 19 heavy (non-hydrogen) atoms. The van der Waals surface area contributed by atoms with Crippen molar-refractivity contribution >= 4 is 11.5 Å². The van der Waals surface area contributed by atoms with E-state index in [1.54, 1.807) is 6.07 Å². The van der Waals surface area contributed by atoms with Gasteiger partial charge in [-0.25, -0.2) is 4.98 Å². The van der Waals surface area contributed by atoms with Crippen LogP contribution in [-0.4, -0.2) is 16.5 Å². The van der Waals surface area contributed by atoms with Crippen molar-refractivity contribution < 1.29 is 4.92 Å². The maximum absolute atomic E-state index is 10.6. The van der Waals surface area contributed by atoms with Crippen molar-refractivity contribution in [2.75, 3.05) is 11.4 Å². The highest BCUT2D eigenvalue weighted by molar-refractivity contribution is 5.43. The van der Waals surface area contributed by atoms with E-state index in [0.717, 1.165) is 18.9 Å². The van der Waals surface area contributed by atoms with Gasteiger partial charge in [0.05, 0.1) is 4.92 Å². The molecular formula is C14H15N3O2. The molecule has 2 rings (SSSR count). The van der Waals surface area contributed by atoms with Gasteiger partial charge in [-0.1, -0.05) is 30.3 Å². The second kappa shape index (κ2) is 5.95. The van der Waals surface area contributed by atoms with Crippen molar-refractivity contribution in [3.05, 3.63) is 64.3 Å². The summed E-state index contributed by atoms with van der Waals surface area (Å²) in [6.07, 6.45) is 1.29. The first-order valence-corrected chi connectivity index (χ1v) is 6.10. The summed E-state index contributed by atoms with van der Waals surface area (Å²) in [4.78, 5) is 16.4. The topological polar surface area (TPSA) is 59.3 Å². The molecule has 0 N–H and O–H groups in total. The maximum atomic E-state index is 10.6. The molecule has 0 fully saturated rings. The number of nitrogens with zero attached hydrogens (tertiary/aromatic N) is 3. The summed E-state index contributed by atoms with van der Waals surface area (Å²) in [7, 11) is 0. The molecule has 0 aliphatic heterocycles. The van der Waals surface area contributed by atoms with Crippen molar-refractivity contribution in [2.45, 2.75) is 13.5 Å². The predicted molar refractivity (Wildman–Crippen MR) is 74.1 cm³/mol. The molecule has 0 spiro atoms. The van der Waals surface area contributed by atoms with Crippen molar-refractivity contribution in [3.8, 4) is 0 Å². The van der Waals surface area contributed by atoms with Crippen LogP contribution in [0.4, 0.5) is 11.5 Å². The lowest BCUT2D eigenvalue weighted by atomic mass is 10.2. The average Bonchev–Trinajstić information content (AvgIpc) is 2.46. The molecule has 2 aromatic rings. The molecule has 0 unspecified atom stereocenters. The second-order valence-corrected chi connectivity index (χ2v) is 4.13. The van der Waals surface area contributed by atoms with E-state index in [0.29, 0.717) is 0 Å². The Morgan fingerprint density at radius 2 is 1.95 bits per heavy atom. The Labute approximate surface area is 111 Å². The number of aromatic nitrogens is 1. The molecule has 1 heterocycles. The van der Waals surface area contributed by atoms with Gasteiger partial charge in [0.1, 0.15) is 12.0 Å². The van der Waals surface area contributed by atoms with E-state index in [2.05, 4.69) is 9.88 Å². The van der Waals surface area contributed by atoms with E-state index in [1.165, 1.54) is 17.8 Å². The lowest BCUT2D eigenvalue weighted by molar-refractivity contribution is -0.385. The fourth-order valence-electron chi connectivity index (χ4n) is 1.83. The number of pyridine rings is 1. The molecule has 0 aliphatic rings. The van der Waals surface area contributed by atoms with Gasteiger partial charge >= 0.3 is 0 Å². The average molecular weight is 257 g/mol. The highest BCUT2D eigenvalue weighted by Crippen LogP contribution is 2.17. The molecule has 0 aliphatic carbocycles. The SMILES string of the molecule is CCN(Cc1ccccc1)c1ccc([N+](=O)[O-])cn1. The third-order valence-corrected chi connectivity index (χ3v) is 2.87. The Morgan fingerprint density at radius 1 is 1.21 bits per heavy atom. The van der Waals surface area contributed by atoms with Gasteiger partial charge in [0.2, 0.25) is 0 Å². The summed E-state index contributed by atoms with van der Waals surface area (Å²) in [5.74, 6) is 0.747. The molecule has 0 saturated carbocycles. The van der Waals surface area contributed by atoms with Crippen molar-refractivity contribution in [1.29, 1.82) is 0 Å². The molecule has 5 heteroatoms. The molecular weight excluding hydrogens is 242 g/mol.